The summed E-state index contributed by atoms with van der Waals surface area (Å²) in [6.07, 6.45) is 0. The molecule has 1 aromatic heterocycles. The Labute approximate surface area is 151 Å². The standard InChI is InChI=1S/C20H18N2O3S/c1-3-21-18-10-9-16(12-15(18)8-11-20(21)23)22-13-14(2)17-6-4-5-7-19(17)26(22,24)25/h4-12H,2-3,13H2,1H3. The molecule has 0 spiro atoms. The van der Waals surface area contributed by atoms with Gasteiger partial charge in [0.25, 0.3) is 15.6 Å². The monoisotopic (exact) mass is 366 g/mol. The van der Waals surface area contributed by atoms with Gasteiger partial charge in [-0.2, -0.15) is 0 Å². The van der Waals surface area contributed by atoms with E-state index in [1.165, 1.54) is 10.4 Å². The first-order chi connectivity index (χ1) is 12.4. The topological polar surface area (TPSA) is 59.4 Å². The lowest BCUT2D eigenvalue weighted by atomic mass is 10.1. The number of nitrogens with zero attached hydrogens (tertiary/aromatic N) is 2. The van der Waals surface area contributed by atoms with Crippen LogP contribution in [0.4, 0.5) is 5.69 Å². The van der Waals surface area contributed by atoms with E-state index < -0.39 is 10.0 Å². The third-order valence-electron chi connectivity index (χ3n) is 4.75. The van der Waals surface area contributed by atoms with Crippen molar-refractivity contribution < 1.29 is 8.42 Å². The predicted molar refractivity (Wildman–Crippen MR) is 104 cm³/mol. The molecule has 0 saturated carbocycles. The number of rotatable bonds is 2. The van der Waals surface area contributed by atoms with Gasteiger partial charge in [-0.25, -0.2) is 8.42 Å². The molecule has 5 nitrogen and oxygen atoms in total. The summed E-state index contributed by atoms with van der Waals surface area (Å²) < 4.78 is 29.2. The Balaban J connectivity index is 1.90. The Kier molecular flexibility index (Phi) is 3.73. The fourth-order valence-electron chi connectivity index (χ4n) is 3.45. The summed E-state index contributed by atoms with van der Waals surface area (Å²) in [5.74, 6) is 0. The molecule has 0 N–H and O–H groups in total. The second kappa shape index (κ2) is 5.85. The summed E-state index contributed by atoms with van der Waals surface area (Å²) >= 11 is 0. The van der Waals surface area contributed by atoms with Crippen LogP contribution in [0.3, 0.4) is 0 Å². The summed E-state index contributed by atoms with van der Waals surface area (Å²) in [6, 6.07) is 15.5. The van der Waals surface area contributed by atoms with Crippen LogP contribution >= 0.6 is 0 Å². The maximum Gasteiger partial charge on any atom is 0.265 e. The quantitative estimate of drug-likeness (QED) is 0.700. The smallest absolute Gasteiger partial charge is 0.265 e. The van der Waals surface area contributed by atoms with E-state index in [1.54, 1.807) is 47.0 Å². The van der Waals surface area contributed by atoms with Crippen LogP contribution in [0, 0.1) is 0 Å². The molecule has 3 aromatic rings. The van der Waals surface area contributed by atoms with Crippen LogP contribution in [0.2, 0.25) is 0 Å². The van der Waals surface area contributed by atoms with Crippen molar-refractivity contribution in [1.82, 2.24) is 4.57 Å². The highest BCUT2D eigenvalue weighted by molar-refractivity contribution is 7.93. The van der Waals surface area contributed by atoms with Gasteiger partial charge in [0, 0.05) is 18.0 Å². The van der Waals surface area contributed by atoms with Crippen LogP contribution in [0.5, 0.6) is 0 Å². The SMILES string of the molecule is C=C1CN(c2ccc3c(ccc(=O)n3CC)c2)S(=O)(=O)c2ccccc21. The van der Waals surface area contributed by atoms with E-state index in [0.717, 1.165) is 16.5 Å². The molecule has 0 unspecified atom stereocenters. The maximum atomic E-state index is 13.1. The fraction of sp³-hybridized carbons (Fsp3) is 0.150. The van der Waals surface area contributed by atoms with Crippen LogP contribution in [-0.2, 0) is 16.6 Å². The van der Waals surface area contributed by atoms with Crippen LogP contribution in [-0.4, -0.2) is 19.5 Å². The van der Waals surface area contributed by atoms with Crippen molar-refractivity contribution in [2.75, 3.05) is 10.8 Å². The normalized spacial score (nSPS) is 15.9. The van der Waals surface area contributed by atoms with Gasteiger partial charge in [-0.15, -0.1) is 0 Å². The Morgan fingerprint density at radius 3 is 2.62 bits per heavy atom. The van der Waals surface area contributed by atoms with Gasteiger partial charge in [-0.3, -0.25) is 9.10 Å². The van der Waals surface area contributed by atoms with Crippen molar-refractivity contribution in [1.29, 1.82) is 0 Å². The van der Waals surface area contributed by atoms with Crippen LogP contribution in [0.25, 0.3) is 16.5 Å². The Bertz CT molecular complexity index is 1210. The van der Waals surface area contributed by atoms with Gasteiger partial charge >= 0.3 is 0 Å². The van der Waals surface area contributed by atoms with Gasteiger partial charge in [0.1, 0.15) is 0 Å². The number of pyridine rings is 1. The summed E-state index contributed by atoms with van der Waals surface area (Å²) in [5.41, 5.74) is 2.71. The zero-order chi connectivity index (χ0) is 18.5. The molecule has 1 aliphatic rings. The van der Waals surface area contributed by atoms with E-state index in [2.05, 4.69) is 6.58 Å². The minimum Gasteiger partial charge on any atom is -0.309 e. The van der Waals surface area contributed by atoms with E-state index in [9.17, 15) is 13.2 Å². The van der Waals surface area contributed by atoms with E-state index in [-0.39, 0.29) is 17.0 Å². The first-order valence-corrected chi connectivity index (χ1v) is 9.81. The number of benzene rings is 2. The highest BCUT2D eigenvalue weighted by atomic mass is 32.2. The highest BCUT2D eigenvalue weighted by Crippen LogP contribution is 2.36. The van der Waals surface area contributed by atoms with Crippen molar-refractivity contribution in [2.45, 2.75) is 18.4 Å². The molecule has 2 heterocycles. The summed E-state index contributed by atoms with van der Waals surface area (Å²) in [6.45, 7) is 6.72. The van der Waals surface area contributed by atoms with E-state index in [1.807, 2.05) is 13.0 Å². The number of hydrogen-bond acceptors (Lipinski definition) is 3. The van der Waals surface area contributed by atoms with Crippen molar-refractivity contribution in [3.63, 3.8) is 0 Å². The number of aromatic nitrogens is 1. The van der Waals surface area contributed by atoms with Gasteiger partial charge in [0.05, 0.1) is 22.6 Å². The number of fused-ring (bicyclic) bond motifs is 2. The number of aryl methyl sites for hydroxylation is 1. The molecule has 0 bridgehead atoms. The van der Waals surface area contributed by atoms with Crippen LogP contribution < -0.4 is 9.86 Å². The number of sulfonamides is 1. The van der Waals surface area contributed by atoms with Crippen LogP contribution in [0.1, 0.15) is 12.5 Å². The zero-order valence-electron chi connectivity index (χ0n) is 14.3. The lowest BCUT2D eigenvalue weighted by Crippen LogP contribution is -2.36. The molecule has 1 aliphatic heterocycles. The van der Waals surface area contributed by atoms with Gasteiger partial charge < -0.3 is 4.57 Å². The lowest BCUT2D eigenvalue weighted by Gasteiger charge is -2.31. The lowest BCUT2D eigenvalue weighted by molar-refractivity contribution is 0.591. The molecule has 26 heavy (non-hydrogen) atoms. The molecular formula is C20H18N2O3S. The third kappa shape index (κ3) is 2.37. The average Bonchev–Trinajstić information content (AvgIpc) is 2.64. The minimum absolute atomic E-state index is 0.0688. The highest BCUT2D eigenvalue weighted by Gasteiger charge is 2.33. The largest absolute Gasteiger partial charge is 0.309 e. The molecule has 0 atom stereocenters. The summed E-state index contributed by atoms with van der Waals surface area (Å²) in [7, 11) is -3.66. The zero-order valence-corrected chi connectivity index (χ0v) is 15.2. The molecule has 4 rings (SSSR count). The number of anilines is 1. The molecule has 0 saturated heterocycles. The second-order valence-corrected chi connectivity index (χ2v) is 8.10. The molecule has 0 aliphatic carbocycles. The Morgan fingerprint density at radius 2 is 1.85 bits per heavy atom. The molecule has 132 valence electrons. The number of hydrogen-bond donors (Lipinski definition) is 0. The molecule has 2 aromatic carbocycles. The van der Waals surface area contributed by atoms with Crippen molar-refractivity contribution >= 4 is 32.2 Å². The summed E-state index contributed by atoms with van der Waals surface area (Å²) in [4.78, 5) is 12.3. The predicted octanol–water partition coefficient (Wildman–Crippen LogP) is 3.24. The van der Waals surface area contributed by atoms with Gasteiger partial charge in [0.2, 0.25) is 0 Å². The first kappa shape index (κ1) is 16.6. The van der Waals surface area contributed by atoms with E-state index in [4.69, 9.17) is 0 Å². The first-order valence-electron chi connectivity index (χ1n) is 8.37. The third-order valence-corrected chi connectivity index (χ3v) is 6.58. The Morgan fingerprint density at radius 1 is 1.08 bits per heavy atom. The maximum absolute atomic E-state index is 13.1. The van der Waals surface area contributed by atoms with Gasteiger partial charge in [-0.05, 0) is 48.4 Å². The molecule has 0 fully saturated rings. The second-order valence-electron chi connectivity index (χ2n) is 6.27. The van der Waals surface area contributed by atoms with Gasteiger partial charge in [0.15, 0.2) is 0 Å². The molecular weight excluding hydrogens is 348 g/mol. The molecule has 6 heteroatoms. The molecule has 0 radical (unpaired) electrons. The van der Waals surface area contributed by atoms with Crippen molar-refractivity contribution in [3.05, 3.63) is 77.1 Å². The van der Waals surface area contributed by atoms with Crippen LogP contribution in [0.15, 0.2) is 70.9 Å². The average molecular weight is 366 g/mol. The van der Waals surface area contributed by atoms with Crippen molar-refractivity contribution in [3.8, 4) is 0 Å². The van der Waals surface area contributed by atoms with Crippen molar-refractivity contribution in [2.24, 2.45) is 0 Å². The molecule has 0 amide bonds. The van der Waals surface area contributed by atoms with E-state index >= 15 is 0 Å². The minimum atomic E-state index is -3.66. The fourth-order valence-corrected chi connectivity index (χ4v) is 5.14. The Hall–Kier alpha value is -2.86. The van der Waals surface area contributed by atoms with E-state index in [0.29, 0.717) is 17.8 Å². The summed E-state index contributed by atoms with van der Waals surface area (Å²) in [5, 5.41) is 0.823. The van der Waals surface area contributed by atoms with Gasteiger partial charge in [-0.1, -0.05) is 24.8 Å².